The van der Waals surface area contributed by atoms with Gasteiger partial charge in [0.05, 0.1) is 11.9 Å². The van der Waals surface area contributed by atoms with Gasteiger partial charge in [0, 0.05) is 0 Å². The van der Waals surface area contributed by atoms with Crippen molar-refractivity contribution in [1.82, 2.24) is 5.32 Å². The zero-order valence-electron chi connectivity index (χ0n) is 7.87. The summed E-state index contributed by atoms with van der Waals surface area (Å²) in [6, 6.07) is -1.50. The molecule has 0 aromatic heterocycles. The number of amides is 1. The van der Waals surface area contributed by atoms with Crippen LogP contribution in [0.25, 0.3) is 0 Å². The molecule has 0 saturated heterocycles. The van der Waals surface area contributed by atoms with Crippen molar-refractivity contribution < 1.29 is 31.5 Å². The van der Waals surface area contributed by atoms with E-state index in [4.69, 9.17) is 11.6 Å². The highest BCUT2D eigenvalue weighted by atomic mass is 35.5. The Hall–Kier alpha value is -0.920. The molecule has 0 fully saturated rings. The third kappa shape index (κ3) is 3.29. The van der Waals surface area contributed by atoms with Crippen LogP contribution in [0.2, 0.25) is 0 Å². The van der Waals surface area contributed by atoms with Gasteiger partial charge in [-0.2, -0.15) is 22.0 Å². The topological polar surface area (TPSA) is 46.2 Å². The van der Waals surface area contributed by atoms with Crippen molar-refractivity contribution in [2.45, 2.75) is 25.1 Å². The van der Waals surface area contributed by atoms with E-state index < -0.39 is 35.7 Å². The molecule has 0 spiro atoms. The normalized spacial score (nSPS) is 14.4. The van der Waals surface area contributed by atoms with E-state index in [1.807, 2.05) is 0 Å². The Labute approximate surface area is 91.9 Å². The first-order valence-corrected chi connectivity index (χ1v) is 4.41. The van der Waals surface area contributed by atoms with Crippen molar-refractivity contribution in [2.75, 3.05) is 5.88 Å². The number of nitrogens with one attached hydrogen (secondary N) is 1. The quantitative estimate of drug-likeness (QED) is 0.620. The largest absolute Gasteiger partial charge is 0.463 e. The number of alkyl halides is 6. The lowest BCUT2D eigenvalue weighted by atomic mass is 10.2. The third-order valence-electron chi connectivity index (χ3n) is 1.60. The van der Waals surface area contributed by atoms with E-state index in [1.165, 1.54) is 5.32 Å². The van der Waals surface area contributed by atoms with Crippen molar-refractivity contribution in [1.29, 1.82) is 0 Å². The Morgan fingerprint density at radius 2 is 1.69 bits per heavy atom. The second kappa shape index (κ2) is 4.94. The molecule has 0 rings (SSSR count). The third-order valence-corrected chi connectivity index (χ3v) is 1.87. The van der Waals surface area contributed by atoms with Crippen LogP contribution in [0, 0.1) is 0 Å². The molecule has 0 radical (unpaired) electrons. The van der Waals surface area contributed by atoms with Crippen LogP contribution >= 0.6 is 11.6 Å². The standard InChI is InChI=1S/C7H7ClF5NO2/c1-3(4(15)2-8)14-5(16)6(9,10)7(11,12)13/h3H,2H2,1H3,(H,14,16). The number of Topliss-reactive ketones (excluding diaryl/α,β-unsaturated/α-hetero) is 1. The summed E-state index contributed by atoms with van der Waals surface area (Å²) in [6.07, 6.45) is -6.00. The predicted molar refractivity (Wildman–Crippen MR) is 44.3 cm³/mol. The molecule has 0 saturated carbocycles. The maximum absolute atomic E-state index is 12.4. The Morgan fingerprint density at radius 3 is 2.00 bits per heavy atom. The Balaban J connectivity index is 4.66. The molecular formula is C7H7ClF5NO2. The van der Waals surface area contributed by atoms with E-state index in [0.717, 1.165) is 6.92 Å². The van der Waals surface area contributed by atoms with Gasteiger partial charge in [-0.3, -0.25) is 9.59 Å². The summed E-state index contributed by atoms with van der Waals surface area (Å²) in [6.45, 7) is 0.953. The number of halogens is 6. The van der Waals surface area contributed by atoms with Gasteiger partial charge in [-0.1, -0.05) is 0 Å². The van der Waals surface area contributed by atoms with Crippen LogP contribution in [-0.4, -0.2) is 35.7 Å². The molecule has 0 aliphatic rings. The Bertz CT molecular complexity index is 291. The zero-order valence-corrected chi connectivity index (χ0v) is 8.62. The molecule has 94 valence electrons. The van der Waals surface area contributed by atoms with Crippen LogP contribution in [0.3, 0.4) is 0 Å². The van der Waals surface area contributed by atoms with Crippen molar-refractivity contribution >= 4 is 23.3 Å². The van der Waals surface area contributed by atoms with Crippen LogP contribution in [0.5, 0.6) is 0 Å². The van der Waals surface area contributed by atoms with Gasteiger partial charge in [-0.25, -0.2) is 0 Å². The monoisotopic (exact) mass is 267 g/mol. The molecule has 9 heteroatoms. The molecule has 3 nitrogen and oxygen atoms in total. The van der Waals surface area contributed by atoms with E-state index >= 15 is 0 Å². The maximum Gasteiger partial charge on any atom is 0.463 e. The van der Waals surface area contributed by atoms with E-state index in [9.17, 15) is 31.5 Å². The van der Waals surface area contributed by atoms with Crippen LogP contribution in [0.15, 0.2) is 0 Å². The maximum atomic E-state index is 12.4. The molecule has 0 aliphatic heterocycles. The second-order valence-electron chi connectivity index (χ2n) is 2.87. The predicted octanol–water partition coefficient (Wildman–Crippen LogP) is 1.50. The molecule has 0 heterocycles. The van der Waals surface area contributed by atoms with Crippen molar-refractivity contribution in [2.24, 2.45) is 0 Å². The summed E-state index contributed by atoms with van der Waals surface area (Å²) < 4.78 is 59.8. The summed E-state index contributed by atoms with van der Waals surface area (Å²) in [7, 11) is 0. The average molecular weight is 268 g/mol. The highest BCUT2D eigenvalue weighted by molar-refractivity contribution is 6.28. The highest BCUT2D eigenvalue weighted by Crippen LogP contribution is 2.35. The van der Waals surface area contributed by atoms with Crippen molar-refractivity contribution in [3.05, 3.63) is 0 Å². The van der Waals surface area contributed by atoms with Gasteiger partial charge in [0.25, 0.3) is 0 Å². The molecule has 0 aromatic carbocycles. The number of hydrogen-bond donors (Lipinski definition) is 1. The number of carbonyl (C=O) groups is 2. The molecule has 0 aromatic rings. The summed E-state index contributed by atoms with van der Waals surface area (Å²) in [5.74, 6) is -9.58. The summed E-state index contributed by atoms with van der Waals surface area (Å²) in [5, 5.41) is 1.23. The first kappa shape index (κ1) is 15.1. The smallest absolute Gasteiger partial charge is 0.341 e. The molecule has 1 atom stereocenters. The fourth-order valence-electron chi connectivity index (χ4n) is 0.612. The first-order chi connectivity index (χ1) is 7.04. The van der Waals surface area contributed by atoms with E-state index in [0.29, 0.717) is 0 Å². The Morgan fingerprint density at radius 1 is 1.25 bits per heavy atom. The fourth-order valence-corrected chi connectivity index (χ4v) is 0.844. The van der Waals surface area contributed by atoms with Crippen LogP contribution in [-0.2, 0) is 9.59 Å². The lowest BCUT2D eigenvalue weighted by molar-refractivity contribution is -0.270. The van der Waals surface area contributed by atoms with Crippen molar-refractivity contribution in [3.63, 3.8) is 0 Å². The molecule has 0 bridgehead atoms. The first-order valence-electron chi connectivity index (χ1n) is 3.88. The van der Waals surface area contributed by atoms with Crippen molar-refractivity contribution in [3.8, 4) is 0 Å². The molecule has 1 N–H and O–H groups in total. The number of carbonyl (C=O) groups excluding carboxylic acids is 2. The zero-order chi connectivity index (χ0) is 13.1. The SMILES string of the molecule is CC(NC(=O)C(F)(F)C(F)(F)F)C(=O)CCl. The van der Waals surface area contributed by atoms with Gasteiger partial charge in [0.1, 0.15) is 0 Å². The molecular weight excluding hydrogens is 261 g/mol. The number of rotatable bonds is 4. The van der Waals surface area contributed by atoms with Gasteiger partial charge < -0.3 is 5.32 Å². The number of hydrogen-bond acceptors (Lipinski definition) is 2. The van der Waals surface area contributed by atoms with Gasteiger partial charge in [0.15, 0.2) is 5.78 Å². The fraction of sp³-hybridized carbons (Fsp3) is 0.714. The summed E-state index contributed by atoms with van der Waals surface area (Å²) >= 11 is 5.02. The number of ketones is 1. The van der Waals surface area contributed by atoms with E-state index in [1.54, 1.807) is 0 Å². The van der Waals surface area contributed by atoms with Gasteiger partial charge in [-0.05, 0) is 6.92 Å². The molecule has 0 aliphatic carbocycles. The lowest BCUT2D eigenvalue weighted by Gasteiger charge is -2.20. The minimum Gasteiger partial charge on any atom is -0.341 e. The molecule has 16 heavy (non-hydrogen) atoms. The van der Waals surface area contributed by atoms with Crippen LogP contribution in [0.1, 0.15) is 6.92 Å². The van der Waals surface area contributed by atoms with E-state index in [2.05, 4.69) is 0 Å². The summed E-state index contributed by atoms with van der Waals surface area (Å²) in [5.41, 5.74) is 0. The minimum atomic E-state index is -6.00. The molecule has 1 unspecified atom stereocenters. The summed E-state index contributed by atoms with van der Waals surface area (Å²) in [4.78, 5) is 21.3. The second-order valence-corrected chi connectivity index (χ2v) is 3.13. The van der Waals surface area contributed by atoms with Gasteiger partial charge in [0.2, 0.25) is 0 Å². The Kier molecular flexibility index (Phi) is 4.66. The minimum absolute atomic E-state index is 0.598. The average Bonchev–Trinajstić information content (AvgIpc) is 2.14. The van der Waals surface area contributed by atoms with Gasteiger partial charge >= 0.3 is 18.0 Å². The van der Waals surface area contributed by atoms with E-state index in [-0.39, 0.29) is 0 Å². The molecule has 1 amide bonds. The lowest BCUT2D eigenvalue weighted by Crippen LogP contribution is -2.54. The van der Waals surface area contributed by atoms with Crippen LogP contribution < -0.4 is 5.32 Å². The van der Waals surface area contributed by atoms with Gasteiger partial charge in [-0.15, -0.1) is 11.6 Å². The van der Waals surface area contributed by atoms with Crippen LogP contribution in [0.4, 0.5) is 22.0 Å². The highest BCUT2D eigenvalue weighted by Gasteiger charge is 2.63.